The predicted octanol–water partition coefficient (Wildman–Crippen LogP) is 2.28. The van der Waals surface area contributed by atoms with E-state index in [1.165, 1.54) is 48.3 Å². The van der Waals surface area contributed by atoms with Crippen molar-refractivity contribution in [2.45, 2.75) is 38.0 Å². The summed E-state index contributed by atoms with van der Waals surface area (Å²) in [7, 11) is 5.46. The summed E-state index contributed by atoms with van der Waals surface area (Å²) in [6.07, 6.45) is 7.33. The highest BCUT2D eigenvalue weighted by Crippen LogP contribution is 2.34. The maximum absolute atomic E-state index is 10.7. The molecule has 1 aliphatic rings. The van der Waals surface area contributed by atoms with Gasteiger partial charge in [0, 0.05) is 11.3 Å². The quantitative estimate of drug-likeness (QED) is 0.591. The SMILES string of the molecule is [B]CN(C=O)c1nc(C2CCCCC2)cs1. The van der Waals surface area contributed by atoms with Gasteiger partial charge in [0.25, 0.3) is 0 Å². The molecule has 0 saturated heterocycles. The summed E-state index contributed by atoms with van der Waals surface area (Å²) < 4.78 is 0. The van der Waals surface area contributed by atoms with Gasteiger partial charge in [0.1, 0.15) is 0 Å². The van der Waals surface area contributed by atoms with Crippen molar-refractivity contribution in [1.82, 2.24) is 4.98 Å². The third-order valence-corrected chi connectivity index (χ3v) is 4.00. The van der Waals surface area contributed by atoms with Crippen molar-refractivity contribution in [3.05, 3.63) is 11.1 Å². The molecule has 5 heteroatoms. The Hall–Kier alpha value is -0.835. The second kappa shape index (κ2) is 5.48. The van der Waals surface area contributed by atoms with E-state index >= 15 is 0 Å². The lowest BCUT2D eigenvalue weighted by Crippen LogP contribution is -2.22. The molecule has 1 aromatic heterocycles. The topological polar surface area (TPSA) is 33.2 Å². The van der Waals surface area contributed by atoms with E-state index in [4.69, 9.17) is 7.85 Å². The highest BCUT2D eigenvalue weighted by atomic mass is 32.1. The third-order valence-electron chi connectivity index (χ3n) is 3.10. The van der Waals surface area contributed by atoms with Crippen LogP contribution in [0, 0.1) is 0 Å². The molecule has 1 saturated carbocycles. The van der Waals surface area contributed by atoms with E-state index in [2.05, 4.69) is 10.4 Å². The van der Waals surface area contributed by atoms with E-state index in [9.17, 15) is 4.79 Å². The zero-order valence-electron chi connectivity index (χ0n) is 9.26. The van der Waals surface area contributed by atoms with Crippen LogP contribution in [-0.4, -0.2) is 25.7 Å². The molecule has 2 rings (SSSR count). The van der Waals surface area contributed by atoms with Crippen LogP contribution in [0.4, 0.5) is 5.13 Å². The monoisotopic (exact) mass is 234 g/mol. The Labute approximate surface area is 101 Å². The number of amides is 1. The highest BCUT2D eigenvalue weighted by molar-refractivity contribution is 7.14. The van der Waals surface area contributed by atoms with E-state index in [0.29, 0.717) is 5.92 Å². The van der Waals surface area contributed by atoms with Gasteiger partial charge < -0.3 is 0 Å². The van der Waals surface area contributed by atoms with Crippen LogP contribution in [0.2, 0.25) is 0 Å². The number of carbonyl (C=O) groups is 1. The summed E-state index contributed by atoms with van der Waals surface area (Å²) in [5.74, 6) is 0.588. The minimum absolute atomic E-state index is 0.196. The molecule has 2 radical (unpaired) electrons. The fourth-order valence-corrected chi connectivity index (χ4v) is 3.04. The highest BCUT2D eigenvalue weighted by Gasteiger charge is 2.19. The summed E-state index contributed by atoms with van der Waals surface area (Å²) in [6, 6.07) is 0. The number of aromatic nitrogens is 1. The Bertz CT molecular complexity index is 350. The van der Waals surface area contributed by atoms with E-state index in [-0.39, 0.29) is 6.44 Å². The number of rotatable bonds is 4. The molecule has 84 valence electrons. The van der Waals surface area contributed by atoms with Crippen molar-refractivity contribution in [1.29, 1.82) is 0 Å². The van der Waals surface area contributed by atoms with Gasteiger partial charge in [-0.05, 0) is 19.3 Å². The Morgan fingerprint density at radius 2 is 2.25 bits per heavy atom. The predicted molar refractivity (Wildman–Crippen MR) is 67.1 cm³/mol. The van der Waals surface area contributed by atoms with Crippen LogP contribution in [-0.2, 0) is 4.79 Å². The smallest absolute Gasteiger partial charge is 0.215 e. The average Bonchev–Trinajstić information content (AvgIpc) is 2.81. The van der Waals surface area contributed by atoms with Crippen LogP contribution < -0.4 is 4.90 Å². The fraction of sp³-hybridized carbons (Fsp3) is 0.636. The van der Waals surface area contributed by atoms with Crippen LogP contribution >= 0.6 is 11.3 Å². The first-order valence-electron chi connectivity index (χ1n) is 5.72. The van der Waals surface area contributed by atoms with Crippen LogP contribution in [0.15, 0.2) is 5.38 Å². The molecule has 0 aliphatic heterocycles. The second-order valence-electron chi connectivity index (χ2n) is 4.15. The molecule has 0 atom stereocenters. The molecule has 1 heterocycles. The molecule has 1 aromatic rings. The van der Waals surface area contributed by atoms with Gasteiger partial charge in [-0.15, -0.1) is 11.3 Å². The Balaban J connectivity index is 2.08. The molecule has 0 N–H and O–H groups in total. The zero-order valence-corrected chi connectivity index (χ0v) is 10.1. The van der Waals surface area contributed by atoms with Crippen LogP contribution in [0.3, 0.4) is 0 Å². The number of carbonyl (C=O) groups excluding carboxylic acids is 1. The van der Waals surface area contributed by atoms with E-state index < -0.39 is 0 Å². The van der Waals surface area contributed by atoms with Crippen molar-refractivity contribution >= 4 is 30.7 Å². The number of nitrogens with zero attached hydrogens (tertiary/aromatic N) is 2. The van der Waals surface area contributed by atoms with Gasteiger partial charge in [-0.3, -0.25) is 9.69 Å². The van der Waals surface area contributed by atoms with Gasteiger partial charge >= 0.3 is 0 Å². The van der Waals surface area contributed by atoms with E-state index in [1.54, 1.807) is 0 Å². The number of hydrogen-bond donors (Lipinski definition) is 0. The van der Waals surface area contributed by atoms with Gasteiger partial charge in [-0.1, -0.05) is 19.3 Å². The summed E-state index contributed by atoms with van der Waals surface area (Å²) >= 11 is 1.50. The molecule has 16 heavy (non-hydrogen) atoms. The zero-order chi connectivity index (χ0) is 11.4. The van der Waals surface area contributed by atoms with Gasteiger partial charge in [-0.2, -0.15) is 0 Å². The first kappa shape index (κ1) is 11.6. The molecular weight excluding hydrogens is 219 g/mol. The Morgan fingerprint density at radius 3 is 2.88 bits per heavy atom. The van der Waals surface area contributed by atoms with Crippen LogP contribution in [0.25, 0.3) is 0 Å². The van der Waals surface area contributed by atoms with Gasteiger partial charge in [-0.25, -0.2) is 4.98 Å². The molecule has 0 unspecified atom stereocenters. The fourth-order valence-electron chi connectivity index (χ4n) is 2.16. The van der Waals surface area contributed by atoms with Crippen LogP contribution in [0.1, 0.15) is 43.7 Å². The van der Waals surface area contributed by atoms with Gasteiger partial charge in [0.05, 0.1) is 13.5 Å². The standard InChI is InChI=1S/C11H15BN2OS/c12-7-14(8-15)11-13-10(6-16-11)9-4-2-1-3-5-9/h6,8-9H,1-5,7H2. The normalized spacial score (nSPS) is 17.2. The molecule has 0 bridgehead atoms. The molecule has 0 aromatic carbocycles. The molecule has 3 nitrogen and oxygen atoms in total. The van der Waals surface area contributed by atoms with Gasteiger partial charge in [0.2, 0.25) is 6.41 Å². The maximum Gasteiger partial charge on any atom is 0.215 e. The lowest BCUT2D eigenvalue weighted by molar-refractivity contribution is -0.107. The summed E-state index contributed by atoms with van der Waals surface area (Å²) in [6.45, 7) is 0. The van der Waals surface area contributed by atoms with Crippen molar-refractivity contribution in [2.75, 3.05) is 11.3 Å². The molecular formula is C11H15BN2OS. The minimum atomic E-state index is 0.196. The second-order valence-corrected chi connectivity index (χ2v) is 4.98. The number of hydrogen-bond acceptors (Lipinski definition) is 3. The van der Waals surface area contributed by atoms with E-state index in [0.717, 1.165) is 17.2 Å². The maximum atomic E-state index is 10.7. The van der Waals surface area contributed by atoms with Gasteiger partial charge in [0.15, 0.2) is 5.13 Å². The Morgan fingerprint density at radius 1 is 1.50 bits per heavy atom. The number of thiazole rings is 1. The van der Waals surface area contributed by atoms with Crippen molar-refractivity contribution in [3.8, 4) is 0 Å². The van der Waals surface area contributed by atoms with Crippen molar-refractivity contribution in [3.63, 3.8) is 0 Å². The average molecular weight is 234 g/mol. The van der Waals surface area contributed by atoms with Crippen LogP contribution in [0.5, 0.6) is 0 Å². The van der Waals surface area contributed by atoms with Crippen molar-refractivity contribution in [2.24, 2.45) is 0 Å². The largest absolute Gasteiger partial charge is 0.300 e. The molecule has 1 amide bonds. The Kier molecular flexibility index (Phi) is 3.99. The summed E-state index contributed by atoms with van der Waals surface area (Å²) in [5.41, 5.74) is 1.14. The molecule has 0 spiro atoms. The first-order chi connectivity index (χ1) is 7.85. The lowest BCUT2D eigenvalue weighted by Gasteiger charge is -2.19. The van der Waals surface area contributed by atoms with E-state index in [1.807, 2.05) is 0 Å². The minimum Gasteiger partial charge on any atom is -0.300 e. The lowest BCUT2D eigenvalue weighted by atomic mass is 9.87. The van der Waals surface area contributed by atoms with Crippen molar-refractivity contribution < 1.29 is 4.79 Å². The third kappa shape index (κ3) is 2.46. The molecule has 1 fully saturated rings. The summed E-state index contributed by atoms with van der Waals surface area (Å²) in [4.78, 5) is 16.7. The first-order valence-corrected chi connectivity index (χ1v) is 6.60. The molecule has 1 aliphatic carbocycles. The number of anilines is 1. The summed E-state index contributed by atoms with van der Waals surface area (Å²) in [5, 5.41) is 2.79.